The zero-order valence-corrected chi connectivity index (χ0v) is 12.1. The minimum absolute atomic E-state index is 0.00527. The normalized spacial score (nSPS) is 21.2. The maximum Gasteiger partial charge on any atom is 0.250 e. The lowest BCUT2D eigenvalue weighted by Crippen LogP contribution is -2.42. The first kappa shape index (κ1) is 15.5. The predicted octanol–water partition coefficient (Wildman–Crippen LogP) is 0.739. The number of hydrogen-bond acceptors (Lipinski definition) is 4. The Morgan fingerprint density at radius 1 is 1.33 bits per heavy atom. The predicted molar refractivity (Wildman–Crippen MR) is 80.0 cm³/mol. The molecule has 2 unspecified atom stereocenters. The van der Waals surface area contributed by atoms with Gasteiger partial charge in [0.2, 0.25) is 5.91 Å². The highest BCUT2D eigenvalue weighted by Crippen LogP contribution is 2.19. The van der Waals surface area contributed by atoms with E-state index in [1.165, 1.54) is 0 Å². The van der Waals surface area contributed by atoms with Crippen molar-refractivity contribution in [1.29, 1.82) is 0 Å². The molecule has 0 bridgehead atoms. The molecule has 1 heterocycles. The van der Waals surface area contributed by atoms with Gasteiger partial charge < -0.3 is 21.1 Å². The number of hydrogen-bond donors (Lipinski definition) is 3. The summed E-state index contributed by atoms with van der Waals surface area (Å²) < 4.78 is 5.39. The van der Waals surface area contributed by atoms with Crippen LogP contribution in [-0.2, 0) is 9.53 Å². The Balaban J connectivity index is 2.06. The van der Waals surface area contributed by atoms with Gasteiger partial charge in [0.15, 0.2) is 0 Å². The van der Waals surface area contributed by atoms with E-state index in [1.807, 2.05) is 0 Å². The summed E-state index contributed by atoms with van der Waals surface area (Å²) in [5.74, 6) is -0.985. The summed E-state index contributed by atoms with van der Waals surface area (Å²) in [6.45, 7) is 3.82. The molecule has 1 aliphatic heterocycles. The van der Waals surface area contributed by atoms with Crippen molar-refractivity contribution in [3.63, 3.8) is 0 Å². The van der Waals surface area contributed by atoms with Crippen molar-refractivity contribution in [3.05, 3.63) is 29.8 Å². The summed E-state index contributed by atoms with van der Waals surface area (Å²) in [6, 6.07) is 6.73. The fourth-order valence-electron chi connectivity index (χ4n) is 2.38. The summed E-state index contributed by atoms with van der Waals surface area (Å²) in [7, 11) is 0. The van der Waals surface area contributed by atoms with Crippen molar-refractivity contribution >= 4 is 17.5 Å². The number of benzene rings is 1. The van der Waals surface area contributed by atoms with Crippen LogP contribution in [0.1, 0.15) is 23.7 Å². The van der Waals surface area contributed by atoms with Crippen LogP contribution in [0.3, 0.4) is 0 Å². The van der Waals surface area contributed by atoms with E-state index in [1.54, 1.807) is 24.3 Å². The standard InChI is InChI=1S/C15H21N3O3/c1-2-7-17-13-9-21-8-11(13)15(20)18-12-6-4-3-5-10(12)14(16)19/h3-6,11,13,17H,2,7-9H2,1H3,(H2,16,19)(H,18,20). The molecule has 1 aromatic carbocycles. The molecular formula is C15H21N3O3. The Bertz CT molecular complexity index is 519. The van der Waals surface area contributed by atoms with Gasteiger partial charge in [-0.1, -0.05) is 19.1 Å². The zero-order chi connectivity index (χ0) is 15.2. The molecule has 1 aromatic rings. The summed E-state index contributed by atoms with van der Waals surface area (Å²) in [5.41, 5.74) is 6.06. The molecular weight excluding hydrogens is 270 g/mol. The number of nitrogens with one attached hydrogen (secondary N) is 2. The van der Waals surface area contributed by atoms with Gasteiger partial charge in [0.25, 0.3) is 5.91 Å². The van der Waals surface area contributed by atoms with E-state index in [-0.39, 0.29) is 17.9 Å². The van der Waals surface area contributed by atoms with E-state index >= 15 is 0 Å². The Morgan fingerprint density at radius 2 is 2.10 bits per heavy atom. The van der Waals surface area contributed by atoms with Gasteiger partial charge in [0, 0.05) is 6.04 Å². The van der Waals surface area contributed by atoms with E-state index in [0.717, 1.165) is 13.0 Å². The van der Waals surface area contributed by atoms with Crippen LogP contribution in [0.5, 0.6) is 0 Å². The Labute approximate surface area is 124 Å². The van der Waals surface area contributed by atoms with Crippen LogP contribution in [0, 0.1) is 5.92 Å². The number of amides is 2. The van der Waals surface area contributed by atoms with Gasteiger partial charge in [0.1, 0.15) is 0 Å². The first-order valence-corrected chi connectivity index (χ1v) is 7.14. The van der Waals surface area contributed by atoms with E-state index in [0.29, 0.717) is 24.5 Å². The fraction of sp³-hybridized carbons (Fsp3) is 0.467. The smallest absolute Gasteiger partial charge is 0.250 e. The van der Waals surface area contributed by atoms with Crippen LogP contribution >= 0.6 is 0 Å². The molecule has 6 heteroatoms. The van der Waals surface area contributed by atoms with Crippen molar-refractivity contribution in [2.45, 2.75) is 19.4 Å². The molecule has 21 heavy (non-hydrogen) atoms. The van der Waals surface area contributed by atoms with Crippen molar-refractivity contribution in [2.24, 2.45) is 11.7 Å². The van der Waals surface area contributed by atoms with Crippen molar-refractivity contribution in [3.8, 4) is 0 Å². The molecule has 4 N–H and O–H groups in total. The highest BCUT2D eigenvalue weighted by Gasteiger charge is 2.33. The Kier molecular flexibility index (Phi) is 5.30. The molecule has 2 rings (SSSR count). The number of nitrogens with two attached hydrogens (primary N) is 1. The summed E-state index contributed by atoms with van der Waals surface area (Å²) in [5, 5.41) is 6.09. The van der Waals surface area contributed by atoms with E-state index < -0.39 is 5.91 Å². The SMILES string of the molecule is CCCNC1COCC1C(=O)Nc1ccccc1C(N)=O. The Morgan fingerprint density at radius 3 is 2.81 bits per heavy atom. The third-order valence-corrected chi connectivity index (χ3v) is 3.52. The highest BCUT2D eigenvalue weighted by atomic mass is 16.5. The average Bonchev–Trinajstić information content (AvgIpc) is 2.94. The van der Waals surface area contributed by atoms with Gasteiger partial charge in [-0.15, -0.1) is 0 Å². The molecule has 0 aromatic heterocycles. The second kappa shape index (κ2) is 7.19. The number of para-hydroxylation sites is 1. The molecule has 2 atom stereocenters. The number of carbonyl (C=O) groups is 2. The Hall–Kier alpha value is -1.92. The lowest BCUT2D eigenvalue weighted by Gasteiger charge is -2.19. The molecule has 1 aliphatic rings. The number of carbonyl (C=O) groups excluding carboxylic acids is 2. The summed E-state index contributed by atoms with van der Waals surface area (Å²) in [6.07, 6.45) is 0.995. The largest absolute Gasteiger partial charge is 0.379 e. The van der Waals surface area contributed by atoms with Crippen LogP contribution in [0.15, 0.2) is 24.3 Å². The van der Waals surface area contributed by atoms with Crippen molar-refractivity contribution in [1.82, 2.24) is 5.32 Å². The maximum atomic E-state index is 12.4. The number of rotatable bonds is 6. The highest BCUT2D eigenvalue weighted by molar-refractivity contribution is 6.03. The third kappa shape index (κ3) is 3.80. The summed E-state index contributed by atoms with van der Waals surface area (Å²) in [4.78, 5) is 23.7. The number of primary amides is 1. The number of anilines is 1. The van der Waals surface area contributed by atoms with Crippen LogP contribution < -0.4 is 16.4 Å². The lowest BCUT2D eigenvalue weighted by molar-refractivity contribution is -0.120. The fourth-order valence-corrected chi connectivity index (χ4v) is 2.38. The van der Waals surface area contributed by atoms with Crippen molar-refractivity contribution < 1.29 is 14.3 Å². The first-order chi connectivity index (χ1) is 10.1. The topological polar surface area (TPSA) is 93.4 Å². The molecule has 1 fully saturated rings. The monoisotopic (exact) mass is 291 g/mol. The molecule has 0 radical (unpaired) electrons. The van der Waals surface area contributed by atoms with Gasteiger partial charge in [-0.05, 0) is 25.1 Å². The van der Waals surface area contributed by atoms with Gasteiger partial charge in [0.05, 0.1) is 30.4 Å². The van der Waals surface area contributed by atoms with E-state index in [2.05, 4.69) is 17.6 Å². The van der Waals surface area contributed by atoms with Crippen LogP contribution in [0.2, 0.25) is 0 Å². The van der Waals surface area contributed by atoms with Gasteiger partial charge in [-0.3, -0.25) is 9.59 Å². The van der Waals surface area contributed by atoms with E-state index in [4.69, 9.17) is 10.5 Å². The first-order valence-electron chi connectivity index (χ1n) is 7.14. The number of ether oxygens (including phenoxy) is 1. The second-order valence-electron chi connectivity index (χ2n) is 5.10. The maximum absolute atomic E-state index is 12.4. The van der Waals surface area contributed by atoms with Crippen LogP contribution in [0.25, 0.3) is 0 Å². The quantitative estimate of drug-likeness (QED) is 0.720. The van der Waals surface area contributed by atoms with Crippen LogP contribution in [-0.4, -0.2) is 37.6 Å². The van der Waals surface area contributed by atoms with E-state index in [9.17, 15) is 9.59 Å². The summed E-state index contributed by atoms with van der Waals surface area (Å²) >= 11 is 0. The van der Waals surface area contributed by atoms with Gasteiger partial charge in [-0.2, -0.15) is 0 Å². The molecule has 0 saturated carbocycles. The molecule has 0 aliphatic carbocycles. The lowest BCUT2D eigenvalue weighted by atomic mass is 10.0. The van der Waals surface area contributed by atoms with Crippen LogP contribution in [0.4, 0.5) is 5.69 Å². The zero-order valence-electron chi connectivity index (χ0n) is 12.1. The van der Waals surface area contributed by atoms with Gasteiger partial charge in [-0.25, -0.2) is 0 Å². The average molecular weight is 291 g/mol. The minimum atomic E-state index is -0.561. The van der Waals surface area contributed by atoms with Gasteiger partial charge >= 0.3 is 0 Å². The molecule has 1 saturated heterocycles. The molecule has 2 amide bonds. The van der Waals surface area contributed by atoms with Crippen molar-refractivity contribution in [2.75, 3.05) is 25.1 Å². The minimum Gasteiger partial charge on any atom is -0.379 e. The third-order valence-electron chi connectivity index (χ3n) is 3.52. The molecule has 0 spiro atoms. The second-order valence-corrected chi connectivity index (χ2v) is 5.10. The molecule has 6 nitrogen and oxygen atoms in total. The molecule has 114 valence electrons.